The van der Waals surface area contributed by atoms with E-state index in [1.807, 2.05) is 0 Å². The SMILES string of the molecule is O=C(Nc1cnn(Cc2cccc(C(F)(F)F)c2)c1)c1ccn(COc2c(Cl)cccc2Cl)n1. The van der Waals surface area contributed by atoms with Crippen LogP contribution >= 0.6 is 23.2 Å². The monoisotopic (exact) mass is 509 g/mol. The summed E-state index contributed by atoms with van der Waals surface area (Å²) >= 11 is 12.1. The lowest BCUT2D eigenvalue weighted by Crippen LogP contribution is -2.14. The molecule has 0 saturated heterocycles. The fourth-order valence-corrected chi connectivity index (χ4v) is 3.56. The molecule has 0 aliphatic rings. The number of alkyl halides is 3. The molecule has 0 aliphatic heterocycles. The van der Waals surface area contributed by atoms with Gasteiger partial charge in [0, 0.05) is 12.4 Å². The van der Waals surface area contributed by atoms with Gasteiger partial charge < -0.3 is 10.1 Å². The van der Waals surface area contributed by atoms with Crippen LogP contribution in [0.15, 0.2) is 67.1 Å². The third-order valence-electron chi connectivity index (χ3n) is 4.62. The first-order valence-electron chi connectivity index (χ1n) is 9.79. The molecule has 0 atom stereocenters. The molecule has 1 amide bonds. The van der Waals surface area contributed by atoms with E-state index in [9.17, 15) is 18.0 Å². The largest absolute Gasteiger partial charge is 0.468 e. The normalized spacial score (nSPS) is 11.4. The predicted octanol–water partition coefficient (Wildman–Crippen LogP) is 5.74. The highest BCUT2D eigenvalue weighted by Crippen LogP contribution is 2.32. The lowest BCUT2D eigenvalue weighted by atomic mass is 10.1. The number of benzene rings is 2. The molecule has 1 N–H and O–H groups in total. The summed E-state index contributed by atoms with van der Waals surface area (Å²) in [6, 6.07) is 11.4. The molecule has 0 saturated carbocycles. The van der Waals surface area contributed by atoms with Crippen molar-refractivity contribution in [1.29, 1.82) is 0 Å². The van der Waals surface area contributed by atoms with Crippen LogP contribution in [0, 0.1) is 0 Å². The number of hydrogen-bond acceptors (Lipinski definition) is 4. The molecule has 0 aliphatic carbocycles. The third-order valence-corrected chi connectivity index (χ3v) is 5.22. The lowest BCUT2D eigenvalue weighted by molar-refractivity contribution is -0.137. The van der Waals surface area contributed by atoms with Gasteiger partial charge in [-0.15, -0.1) is 0 Å². The number of carbonyl (C=O) groups is 1. The maximum Gasteiger partial charge on any atom is 0.416 e. The van der Waals surface area contributed by atoms with E-state index in [2.05, 4.69) is 15.5 Å². The quantitative estimate of drug-likeness (QED) is 0.344. The van der Waals surface area contributed by atoms with E-state index in [0.717, 1.165) is 12.1 Å². The second-order valence-corrected chi connectivity index (χ2v) is 7.96. The highest BCUT2D eigenvalue weighted by Gasteiger charge is 2.30. The van der Waals surface area contributed by atoms with Crippen LogP contribution in [0.4, 0.5) is 18.9 Å². The zero-order valence-electron chi connectivity index (χ0n) is 17.3. The smallest absolute Gasteiger partial charge is 0.416 e. The maximum absolute atomic E-state index is 12.9. The zero-order valence-corrected chi connectivity index (χ0v) is 18.8. The molecule has 2 heterocycles. The van der Waals surface area contributed by atoms with Crippen LogP contribution in [-0.4, -0.2) is 25.5 Å². The van der Waals surface area contributed by atoms with Gasteiger partial charge in [-0.05, 0) is 35.9 Å². The maximum atomic E-state index is 12.9. The van der Waals surface area contributed by atoms with Crippen LogP contribution in [0.2, 0.25) is 10.0 Å². The number of ether oxygens (including phenoxy) is 1. The van der Waals surface area contributed by atoms with Crippen molar-refractivity contribution in [2.75, 3.05) is 5.32 Å². The molecule has 4 aromatic rings. The second kappa shape index (κ2) is 9.78. The Labute approximate surface area is 201 Å². The summed E-state index contributed by atoms with van der Waals surface area (Å²) in [6.45, 7) is 0.0853. The second-order valence-electron chi connectivity index (χ2n) is 7.14. The van der Waals surface area contributed by atoms with E-state index in [4.69, 9.17) is 27.9 Å². The van der Waals surface area contributed by atoms with Crippen LogP contribution in [0.3, 0.4) is 0 Å². The van der Waals surface area contributed by atoms with Gasteiger partial charge in [-0.25, -0.2) is 4.68 Å². The Balaban J connectivity index is 1.36. The Bertz CT molecular complexity index is 1300. The van der Waals surface area contributed by atoms with Crippen LogP contribution < -0.4 is 10.1 Å². The Kier molecular flexibility index (Phi) is 6.80. The van der Waals surface area contributed by atoms with Crippen molar-refractivity contribution in [2.45, 2.75) is 19.5 Å². The predicted molar refractivity (Wildman–Crippen MR) is 120 cm³/mol. The van der Waals surface area contributed by atoms with Crippen molar-refractivity contribution in [3.63, 3.8) is 0 Å². The number of halogens is 5. The van der Waals surface area contributed by atoms with Crippen molar-refractivity contribution in [2.24, 2.45) is 0 Å². The van der Waals surface area contributed by atoms with E-state index >= 15 is 0 Å². The number of amides is 1. The topological polar surface area (TPSA) is 74.0 Å². The fourth-order valence-electron chi connectivity index (χ4n) is 3.05. The highest BCUT2D eigenvalue weighted by molar-refractivity contribution is 6.37. The molecular formula is C22H16Cl2F3N5O2. The average Bonchev–Trinajstić information content (AvgIpc) is 3.43. The van der Waals surface area contributed by atoms with Gasteiger partial charge in [-0.1, -0.05) is 41.4 Å². The molecule has 0 radical (unpaired) electrons. The standard InChI is InChI=1S/C22H16Cl2F3N5O2/c23-17-5-2-6-18(24)20(17)34-13-31-8-7-19(30-31)21(33)29-16-10-28-32(12-16)11-14-3-1-4-15(9-14)22(25,26)27/h1-10,12H,11,13H2,(H,29,33). The first-order chi connectivity index (χ1) is 16.2. The van der Waals surface area contributed by atoms with Crippen molar-refractivity contribution in [3.05, 3.63) is 94.0 Å². The molecule has 0 spiro atoms. The molecule has 0 bridgehead atoms. The van der Waals surface area contributed by atoms with Crippen LogP contribution in [-0.2, 0) is 19.5 Å². The summed E-state index contributed by atoms with van der Waals surface area (Å²) in [5.41, 5.74) is 0.181. The first-order valence-corrected chi connectivity index (χ1v) is 10.5. The van der Waals surface area contributed by atoms with Crippen molar-refractivity contribution >= 4 is 34.8 Å². The fraction of sp³-hybridized carbons (Fsp3) is 0.136. The molecule has 2 aromatic carbocycles. The Morgan fingerprint density at radius 1 is 1.06 bits per heavy atom. The van der Waals surface area contributed by atoms with Crippen molar-refractivity contribution < 1.29 is 22.7 Å². The van der Waals surface area contributed by atoms with Gasteiger partial charge in [-0.3, -0.25) is 9.48 Å². The van der Waals surface area contributed by atoms with Gasteiger partial charge in [0.2, 0.25) is 0 Å². The number of anilines is 1. The van der Waals surface area contributed by atoms with Gasteiger partial charge in [0.15, 0.2) is 18.2 Å². The summed E-state index contributed by atoms with van der Waals surface area (Å²) in [7, 11) is 0. The van der Waals surface area contributed by atoms with Gasteiger partial charge in [0.05, 0.1) is 34.0 Å². The van der Waals surface area contributed by atoms with E-state index in [1.165, 1.54) is 33.9 Å². The van der Waals surface area contributed by atoms with Crippen LogP contribution in [0.5, 0.6) is 5.75 Å². The number of nitrogens with one attached hydrogen (secondary N) is 1. The summed E-state index contributed by atoms with van der Waals surface area (Å²) in [5.74, 6) is -0.186. The molecular weight excluding hydrogens is 494 g/mol. The number of rotatable bonds is 7. The van der Waals surface area contributed by atoms with E-state index in [0.29, 0.717) is 27.0 Å². The molecule has 2 aromatic heterocycles. The van der Waals surface area contributed by atoms with Gasteiger partial charge >= 0.3 is 6.18 Å². The minimum atomic E-state index is -4.42. The molecule has 0 unspecified atom stereocenters. The molecule has 12 heteroatoms. The van der Waals surface area contributed by atoms with E-state index in [1.54, 1.807) is 30.5 Å². The highest BCUT2D eigenvalue weighted by atomic mass is 35.5. The average molecular weight is 510 g/mol. The number of carbonyl (C=O) groups excluding carboxylic acids is 1. The van der Waals surface area contributed by atoms with E-state index < -0.39 is 17.6 Å². The van der Waals surface area contributed by atoms with Gasteiger partial charge in [0.1, 0.15) is 0 Å². The Morgan fingerprint density at radius 2 is 1.79 bits per heavy atom. The summed E-state index contributed by atoms with van der Waals surface area (Å²) in [5, 5.41) is 11.6. The van der Waals surface area contributed by atoms with E-state index in [-0.39, 0.29) is 19.0 Å². The lowest BCUT2D eigenvalue weighted by Gasteiger charge is -2.09. The Hall–Kier alpha value is -3.50. The molecule has 4 rings (SSSR count). The van der Waals surface area contributed by atoms with Gasteiger partial charge in [-0.2, -0.15) is 23.4 Å². The van der Waals surface area contributed by atoms with Crippen molar-refractivity contribution in [1.82, 2.24) is 19.6 Å². The van der Waals surface area contributed by atoms with Gasteiger partial charge in [0.25, 0.3) is 5.91 Å². The van der Waals surface area contributed by atoms with Crippen LogP contribution in [0.25, 0.3) is 0 Å². The Morgan fingerprint density at radius 3 is 2.53 bits per heavy atom. The molecule has 34 heavy (non-hydrogen) atoms. The zero-order chi connectivity index (χ0) is 24.3. The molecule has 0 fully saturated rings. The minimum absolute atomic E-state index is 0.0222. The third kappa shape index (κ3) is 5.70. The minimum Gasteiger partial charge on any atom is -0.468 e. The number of aromatic nitrogens is 4. The summed E-state index contributed by atoms with van der Waals surface area (Å²) in [4.78, 5) is 12.5. The number of nitrogens with zero attached hydrogens (tertiary/aromatic N) is 4. The van der Waals surface area contributed by atoms with Crippen molar-refractivity contribution in [3.8, 4) is 5.75 Å². The summed E-state index contributed by atoms with van der Waals surface area (Å²) < 4.78 is 47.1. The molecule has 176 valence electrons. The molecule has 7 nitrogen and oxygen atoms in total. The number of para-hydroxylation sites is 1. The first kappa shape index (κ1) is 23.7. The van der Waals surface area contributed by atoms with Crippen LogP contribution in [0.1, 0.15) is 21.6 Å². The number of hydrogen-bond donors (Lipinski definition) is 1. The summed E-state index contributed by atoms with van der Waals surface area (Å²) in [6.07, 6.45) is 0.0345.